The van der Waals surface area contributed by atoms with Crippen LogP contribution in [0.4, 0.5) is 4.39 Å². The standard InChI is InChI=1S/C10H10BrF/c1-6-4-10(12)8(5-9(6)11)7-2-3-7/h4-5,7H,2-3H2,1H3. The van der Waals surface area contributed by atoms with E-state index in [2.05, 4.69) is 15.9 Å². The van der Waals surface area contributed by atoms with Crippen molar-refractivity contribution in [3.05, 3.63) is 33.5 Å². The molecule has 12 heavy (non-hydrogen) atoms. The molecular formula is C10H10BrF. The molecule has 0 aliphatic heterocycles. The largest absolute Gasteiger partial charge is 0.207 e. The van der Waals surface area contributed by atoms with Crippen LogP contribution in [-0.4, -0.2) is 0 Å². The summed E-state index contributed by atoms with van der Waals surface area (Å²) in [5, 5.41) is 0. The molecule has 0 atom stereocenters. The first-order valence-electron chi connectivity index (χ1n) is 4.14. The summed E-state index contributed by atoms with van der Waals surface area (Å²) in [5.74, 6) is 0.445. The fourth-order valence-corrected chi connectivity index (χ4v) is 1.73. The third kappa shape index (κ3) is 1.40. The van der Waals surface area contributed by atoms with Crippen molar-refractivity contribution in [1.29, 1.82) is 0 Å². The highest BCUT2D eigenvalue weighted by atomic mass is 79.9. The number of aryl methyl sites for hydroxylation is 1. The van der Waals surface area contributed by atoms with Gasteiger partial charge in [-0.1, -0.05) is 15.9 Å². The van der Waals surface area contributed by atoms with E-state index in [1.54, 1.807) is 6.07 Å². The van der Waals surface area contributed by atoms with Gasteiger partial charge in [-0.15, -0.1) is 0 Å². The normalized spacial score (nSPS) is 16.6. The summed E-state index contributed by atoms with van der Waals surface area (Å²) in [4.78, 5) is 0. The second-order valence-electron chi connectivity index (χ2n) is 3.40. The van der Waals surface area contributed by atoms with Gasteiger partial charge in [0.25, 0.3) is 0 Å². The van der Waals surface area contributed by atoms with E-state index in [1.165, 1.54) is 0 Å². The van der Waals surface area contributed by atoms with Crippen LogP contribution >= 0.6 is 15.9 Å². The van der Waals surface area contributed by atoms with Gasteiger partial charge in [0.2, 0.25) is 0 Å². The average Bonchev–Trinajstić information content (AvgIpc) is 2.79. The van der Waals surface area contributed by atoms with Gasteiger partial charge in [-0.2, -0.15) is 0 Å². The number of rotatable bonds is 1. The van der Waals surface area contributed by atoms with Gasteiger partial charge in [0, 0.05) is 4.47 Å². The van der Waals surface area contributed by atoms with E-state index in [-0.39, 0.29) is 5.82 Å². The third-order valence-corrected chi connectivity index (χ3v) is 3.15. The first-order chi connectivity index (χ1) is 5.68. The molecule has 1 saturated carbocycles. The Hall–Kier alpha value is -0.370. The highest BCUT2D eigenvalue weighted by Crippen LogP contribution is 2.42. The summed E-state index contributed by atoms with van der Waals surface area (Å²) in [6.45, 7) is 1.91. The minimum atomic E-state index is -0.0433. The molecule has 0 heterocycles. The molecule has 64 valence electrons. The predicted octanol–water partition coefficient (Wildman–Crippen LogP) is 3.77. The lowest BCUT2D eigenvalue weighted by atomic mass is 10.1. The zero-order chi connectivity index (χ0) is 8.72. The second kappa shape index (κ2) is 2.84. The maximum absolute atomic E-state index is 13.3. The Labute approximate surface area is 79.9 Å². The van der Waals surface area contributed by atoms with E-state index in [0.717, 1.165) is 28.4 Å². The van der Waals surface area contributed by atoms with E-state index >= 15 is 0 Å². The van der Waals surface area contributed by atoms with Crippen LogP contribution < -0.4 is 0 Å². The second-order valence-corrected chi connectivity index (χ2v) is 4.25. The zero-order valence-electron chi connectivity index (χ0n) is 6.90. The quantitative estimate of drug-likeness (QED) is 0.687. The van der Waals surface area contributed by atoms with Crippen LogP contribution in [0.3, 0.4) is 0 Å². The van der Waals surface area contributed by atoms with Crippen molar-refractivity contribution in [1.82, 2.24) is 0 Å². The number of halogens is 2. The molecule has 0 N–H and O–H groups in total. The van der Waals surface area contributed by atoms with Gasteiger partial charge in [-0.05, 0) is 48.9 Å². The van der Waals surface area contributed by atoms with Crippen LogP contribution in [0.5, 0.6) is 0 Å². The Morgan fingerprint density at radius 3 is 2.67 bits per heavy atom. The van der Waals surface area contributed by atoms with Crippen molar-refractivity contribution in [2.24, 2.45) is 0 Å². The van der Waals surface area contributed by atoms with Gasteiger partial charge in [-0.3, -0.25) is 0 Å². The Morgan fingerprint density at radius 1 is 1.42 bits per heavy atom. The Balaban J connectivity index is 2.47. The molecule has 0 nitrogen and oxygen atoms in total. The van der Waals surface area contributed by atoms with Crippen molar-refractivity contribution in [3.8, 4) is 0 Å². The van der Waals surface area contributed by atoms with Crippen LogP contribution in [0.25, 0.3) is 0 Å². The fraction of sp³-hybridized carbons (Fsp3) is 0.400. The summed E-state index contributed by atoms with van der Waals surface area (Å²) < 4.78 is 14.3. The Bertz CT molecular complexity index is 316. The van der Waals surface area contributed by atoms with Crippen molar-refractivity contribution in [2.75, 3.05) is 0 Å². The van der Waals surface area contributed by atoms with Crippen LogP contribution in [-0.2, 0) is 0 Å². The number of hydrogen-bond donors (Lipinski definition) is 0. The van der Waals surface area contributed by atoms with Crippen LogP contribution in [0, 0.1) is 12.7 Å². The summed E-state index contributed by atoms with van der Waals surface area (Å²) in [6.07, 6.45) is 2.29. The SMILES string of the molecule is Cc1cc(F)c(C2CC2)cc1Br. The molecule has 0 aromatic heterocycles. The lowest BCUT2D eigenvalue weighted by Crippen LogP contribution is -1.89. The van der Waals surface area contributed by atoms with Gasteiger partial charge in [0.05, 0.1) is 0 Å². The van der Waals surface area contributed by atoms with Crippen molar-refractivity contribution in [3.63, 3.8) is 0 Å². The molecule has 1 fully saturated rings. The number of benzene rings is 1. The van der Waals surface area contributed by atoms with Crippen molar-refractivity contribution >= 4 is 15.9 Å². The molecule has 0 radical (unpaired) electrons. The van der Waals surface area contributed by atoms with Crippen molar-refractivity contribution < 1.29 is 4.39 Å². The molecule has 2 heteroatoms. The molecule has 0 unspecified atom stereocenters. The first-order valence-corrected chi connectivity index (χ1v) is 4.93. The molecule has 1 aliphatic rings. The lowest BCUT2D eigenvalue weighted by Gasteiger charge is -2.04. The number of hydrogen-bond acceptors (Lipinski definition) is 0. The van der Waals surface area contributed by atoms with Gasteiger partial charge in [0.15, 0.2) is 0 Å². The highest BCUT2D eigenvalue weighted by Gasteiger charge is 2.26. The molecule has 0 bridgehead atoms. The predicted molar refractivity (Wildman–Crippen MR) is 50.8 cm³/mol. The van der Waals surface area contributed by atoms with Crippen LogP contribution in [0.15, 0.2) is 16.6 Å². The van der Waals surface area contributed by atoms with Gasteiger partial charge >= 0.3 is 0 Å². The van der Waals surface area contributed by atoms with E-state index in [4.69, 9.17) is 0 Å². The molecule has 1 aliphatic carbocycles. The van der Waals surface area contributed by atoms with E-state index in [9.17, 15) is 4.39 Å². The van der Waals surface area contributed by atoms with E-state index in [1.807, 2.05) is 13.0 Å². The first kappa shape index (κ1) is 8.24. The molecule has 0 saturated heterocycles. The average molecular weight is 229 g/mol. The fourth-order valence-electron chi connectivity index (χ4n) is 1.37. The molecule has 1 aromatic rings. The smallest absolute Gasteiger partial charge is 0.127 e. The van der Waals surface area contributed by atoms with Gasteiger partial charge < -0.3 is 0 Å². The maximum atomic E-state index is 13.3. The summed E-state index contributed by atoms with van der Waals surface area (Å²) in [6, 6.07) is 3.53. The van der Waals surface area contributed by atoms with Crippen molar-refractivity contribution in [2.45, 2.75) is 25.7 Å². The van der Waals surface area contributed by atoms with E-state index in [0.29, 0.717) is 5.92 Å². The van der Waals surface area contributed by atoms with Gasteiger partial charge in [0.1, 0.15) is 5.82 Å². The molecule has 2 rings (SSSR count). The zero-order valence-corrected chi connectivity index (χ0v) is 8.49. The molecule has 0 spiro atoms. The topological polar surface area (TPSA) is 0 Å². The Kier molecular flexibility index (Phi) is 1.95. The molecule has 1 aromatic carbocycles. The minimum Gasteiger partial charge on any atom is -0.207 e. The maximum Gasteiger partial charge on any atom is 0.127 e. The summed E-state index contributed by atoms with van der Waals surface area (Å²) in [5.41, 5.74) is 1.85. The monoisotopic (exact) mass is 228 g/mol. The molecular weight excluding hydrogens is 219 g/mol. The third-order valence-electron chi connectivity index (χ3n) is 2.30. The summed E-state index contributed by atoms with van der Waals surface area (Å²) in [7, 11) is 0. The minimum absolute atomic E-state index is 0.0433. The lowest BCUT2D eigenvalue weighted by molar-refractivity contribution is 0.609. The van der Waals surface area contributed by atoms with Crippen LogP contribution in [0.1, 0.15) is 29.9 Å². The Morgan fingerprint density at radius 2 is 2.08 bits per heavy atom. The highest BCUT2D eigenvalue weighted by molar-refractivity contribution is 9.10. The molecule has 0 amide bonds. The van der Waals surface area contributed by atoms with Gasteiger partial charge in [-0.25, -0.2) is 4.39 Å². The van der Waals surface area contributed by atoms with Crippen LogP contribution in [0.2, 0.25) is 0 Å². The summed E-state index contributed by atoms with van der Waals surface area (Å²) >= 11 is 3.41. The van der Waals surface area contributed by atoms with E-state index < -0.39 is 0 Å².